The Morgan fingerprint density at radius 3 is 2.50 bits per heavy atom. The fourth-order valence-electron chi connectivity index (χ4n) is 1.42. The van der Waals surface area contributed by atoms with Crippen LogP contribution in [0.1, 0.15) is 22.0 Å². The summed E-state index contributed by atoms with van der Waals surface area (Å²) in [6, 6.07) is 3.02. The molecule has 0 aromatic heterocycles. The summed E-state index contributed by atoms with van der Waals surface area (Å²) in [5.74, 6) is -1.32. The maximum Gasteiger partial charge on any atom is 0.335 e. The predicted molar refractivity (Wildman–Crippen MR) is 60.1 cm³/mol. The lowest BCUT2D eigenvalue weighted by Gasteiger charge is -2.16. The third-order valence-electron chi connectivity index (χ3n) is 2.40. The Kier molecular flexibility index (Phi) is 4.32. The summed E-state index contributed by atoms with van der Waals surface area (Å²) >= 11 is 0. The van der Waals surface area contributed by atoms with E-state index >= 15 is 0 Å². The zero-order chi connectivity index (χ0) is 13.9. The van der Waals surface area contributed by atoms with E-state index in [1.807, 2.05) is 0 Å². The van der Waals surface area contributed by atoms with Crippen LogP contribution in [0.3, 0.4) is 0 Å². The average molecular weight is 256 g/mol. The number of carbonyl (C=O) groups is 1. The molecule has 0 fully saturated rings. The summed E-state index contributed by atoms with van der Waals surface area (Å²) in [4.78, 5) is 20.7. The third-order valence-corrected chi connectivity index (χ3v) is 2.40. The Morgan fingerprint density at radius 2 is 2.06 bits per heavy atom. The van der Waals surface area contributed by atoms with E-state index in [9.17, 15) is 25.1 Å². The van der Waals surface area contributed by atoms with E-state index in [0.717, 1.165) is 18.2 Å². The molecule has 18 heavy (non-hydrogen) atoms. The minimum Gasteiger partial charge on any atom is -0.478 e. The second kappa shape index (κ2) is 5.54. The van der Waals surface area contributed by atoms with Gasteiger partial charge in [-0.05, 0) is 12.1 Å². The summed E-state index contributed by atoms with van der Waals surface area (Å²) in [5, 5.41) is 38.5. The Morgan fingerprint density at radius 1 is 1.44 bits per heavy atom. The van der Waals surface area contributed by atoms with Crippen LogP contribution in [-0.4, -0.2) is 38.9 Å². The van der Waals surface area contributed by atoms with Crippen molar-refractivity contribution in [3.8, 4) is 0 Å². The number of nitro benzene ring substituents is 1. The number of aromatic carboxylic acids is 1. The predicted octanol–water partition coefficient (Wildman–Crippen LogP) is -0.354. The van der Waals surface area contributed by atoms with Crippen LogP contribution in [0.5, 0.6) is 0 Å². The molecule has 1 aromatic rings. The highest BCUT2D eigenvalue weighted by Gasteiger charge is 2.26. The van der Waals surface area contributed by atoms with Crippen LogP contribution in [0, 0.1) is 10.1 Å². The van der Waals surface area contributed by atoms with Crippen molar-refractivity contribution in [2.24, 2.45) is 5.73 Å². The first-order valence-electron chi connectivity index (χ1n) is 4.96. The number of rotatable bonds is 5. The number of aliphatic hydroxyl groups excluding tert-OH is 2. The molecule has 0 spiro atoms. The van der Waals surface area contributed by atoms with Crippen molar-refractivity contribution in [1.29, 1.82) is 0 Å². The first kappa shape index (κ1) is 14.0. The number of nitrogens with two attached hydrogens (primary N) is 1. The molecule has 0 amide bonds. The molecule has 0 saturated heterocycles. The Balaban J connectivity index is 3.27. The second-order valence-corrected chi connectivity index (χ2v) is 3.58. The summed E-state index contributed by atoms with van der Waals surface area (Å²) < 4.78 is 0. The topological polar surface area (TPSA) is 147 Å². The highest BCUT2D eigenvalue weighted by Crippen LogP contribution is 2.28. The molecule has 2 atom stereocenters. The lowest BCUT2D eigenvalue weighted by molar-refractivity contribution is -0.386. The molecule has 0 aliphatic carbocycles. The van der Waals surface area contributed by atoms with Gasteiger partial charge in [-0.3, -0.25) is 10.1 Å². The molecule has 0 aliphatic rings. The van der Waals surface area contributed by atoms with Crippen molar-refractivity contribution in [3.63, 3.8) is 0 Å². The average Bonchev–Trinajstić information content (AvgIpc) is 2.35. The third kappa shape index (κ3) is 2.80. The molecule has 2 unspecified atom stereocenters. The van der Waals surface area contributed by atoms with Crippen molar-refractivity contribution in [2.75, 3.05) is 6.54 Å². The monoisotopic (exact) mass is 256 g/mol. The van der Waals surface area contributed by atoms with Crippen LogP contribution in [0.25, 0.3) is 0 Å². The molecule has 1 aromatic carbocycles. The lowest BCUT2D eigenvalue weighted by atomic mass is 10.0. The van der Waals surface area contributed by atoms with Crippen LogP contribution in [0.15, 0.2) is 18.2 Å². The van der Waals surface area contributed by atoms with Gasteiger partial charge in [0, 0.05) is 12.6 Å². The van der Waals surface area contributed by atoms with Crippen LogP contribution < -0.4 is 5.73 Å². The zero-order valence-electron chi connectivity index (χ0n) is 9.18. The normalized spacial score (nSPS) is 13.9. The lowest BCUT2D eigenvalue weighted by Crippen LogP contribution is -2.27. The van der Waals surface area contributed by atoms with E-state index in [2.05, 4.69) is 0 Å². The van der Waals surface area contributed by atoms with Gasteiger partial charge in [0.1, 0.15) is 6.10 Å². The number of benzene rings is 1. The van der Waals surface area contributed by atoms with Gasteiger partial charge in [0.15, 0.2) is 0 Å². The van der Waals surface area contributed by atoms with Crippen LogP contribution >= 0.6 is 0 Å². The van der Waals surface area contributed by atoms with Crippen molar-refractivity contribution < 1.29 is 25.0 Å². The Hall–Kier alpha value is -2.03. The Labute approximate surface area is 101 Å². The minimum absolute atomic E-state index is 0.178. The first-order valence-corrected chi connectivity index (χ1v) is 4.96. The summed E-state index contributed by atoms with van der Waals surface area (Å²) in [5.41, 5.74) is 4.11. The van der Waals surface area contributed by atoms with Gasteiger partial charge >= 0.3 is 5.97 Å². The van der Waals surface area contributed by atoms with Crippen molar-refractivity contribution in [1.82, 2.24) is 0 Å². The zero-order valence-corrected chi connectivity index (χ0v) is 9.18. The van der Waals surface area contributed by atoms with Crippen molar-refractivity contribution >= 4 is 11.7 Å². The highest BCUT2D eigenvalue weighted by molar-refractivity contribution is 5.88. The molecule has 0 bridgehead atoms. The number of carboxylic acids is 1. The molecule has 5 N–H and O–H groups in total. The van der Waals surface area contributed by atoms with Crippen molar-refractivity contribution in [2.45, 2.75) is 12.2 Å². The van der Waals surface area contributed by atoms with E-state index in [4.69, 9.17) is 10.8 Å². The van der Waals surface area contributed by atoms with E-state index in [0.29, 0.717) is 0 Å². The quantitative estimate of drug-likeness (QED) is 0.415. The molecular weight excluding hydrogens is 244 g/mol. The maximum absolute atomic E-state index is 10.8. The van der Waals surface area contributed by atoms with Gasteiger partial charge in [-0.25, -0.2) is 4.79 Å². The van der Waals surface area contributed by atoms with E-state index in [-0.39, 0.29) is 17.7 Å². The molecular formula is C10H12N2O6. The molecule has 8 nitrogen and oxygen atoms in total. The van der Waals surface area contributed by atoms with E-state index in [1.54, 1.807) is 0 Å². The largest absolute Gasteiger partial charge is 0.478 e. The number of nitro groups is 1. The van der Waals surface area contributed by atoms with E-state index in [1.165, 1.54) is 0 Å². The molecule has 1 rings (SSSR count). The van der Waals surface area contributed by atoms with Gasteiger partial charge < -0.3 is 21.1 Å². The van der Waals surface area contributed by atoms with Gasteiger partial charge in [-0.2, -0.15) is 0 Å². The number of carboxylic acid groups (broad SMARTS) is 1. The second-order valence-electron chi connectivity index (χ2n) is 3.58. The Bertz CT molecular complexity index is 475. The smallest absolute Gasteiger partial charge is 0.335 e. The molecule has 0 saturated carbocycles. The highest BCUT2D eigenvalue weighted by atomic mass is 16.6. The molecule has 0 aliphatic heterocycles. The van der Waals surface area contributed by atoms with E-state index < -0.39 is 28.8 Å². The van der Waals surface area contributed by atoms with Crippen molar-refractivity contribution in [3.05, 3.63) is 39.4 Å². The summed E-state index contributed by atoms with van der Waals surface area (Å²) in [6.45, 7) is -0.279. The van der Waals surface area contributed by atoms with Crippen LogP contribution in [0.2, 0.25) is 0 Å². The summed E-state index contributed by atoms with van der Waals surface area (Å²) in [6.07, 6.45) is -2.90. The van der Waals surface area contributed by atoms with Gasteiger partial charge in [0.25, 0.3) is 5.69 Å². The van der Waals surface area contributed by atoms with Gasteiger partial charge in [0.05, 0.1) is 22.2 Å². The van der Waals surface area contributed by atoms with Gasteiger partial charge in [-0.15, -0.1) is 0 Å². The number of aliphatic hydroxyl groups is 2. The standard InChI is InChI=1S/C10H12N2O6/c11-4-8(13)9(14)6-2-1-5(10(15)16)3-7(6)12(17)18/h1-3,8-9,13-14H,4,11H2,(H,15,16). The van der Waals surface area contributed by atoms with Gasteiger partial charge in [-0.1, -0.05) is 0 Å². The summed E-state index contributed by atoms with van der Waals surface area (Å²) in [7, 11) is 0. The van der Waals surface area contributed by atoms with Crippen LogP contribution in [0.4, 0.5) is 5.69 Å². The maximum atomic E-state index is 10.8. The number of hydrogen-bond donors (Lipinski definition) is 4. The number of nitrogens with zero attached hydrogens (tertiary/aromatic N) is 1. The molecule has 0 heterocycles. The molecule has 0 radical (unpaired) electrons. The first-order chi connectivity index (χ1) is 8.38. The minimum atomic E-state index is -1.54. The van der Waals surface area contributed by atoms with Gasteiger partial charge in [0.2, 0.25) is 0 Å². The fraction of sp³-hybridized carbons (Fsp3) is 0.300. The SMILES string of the molecule is NCC(O)C(O)c1ccc(C(=O)O)cc1[N+](=O)[O-]. The molecule has 8 heteroatoms. The van der Waals surface area contributed by atoms with Crippen LogP contribution in [-0.2, 0) is 0 Å². The molecule has 98 valence electrons. The fourth-order valence-corrected chi connectivity index (χ4v) is 1.42. The number of hydrogen-bond acceptors (Lipinski definition) is 6.